The SMILES string of the molecule is CCNC(=O)[C@H]1OC(n2cnc3c(N)nc(NCCc4ccc(CCC(=O)NCCNC(=O)OC(C)(C)C)cc4)nc32)[C@@H](O)C1O. The fraction of sp³-hybridized carbons (Fsp3) is 0.533. The number of nitrogen functional groups attached to an aromatic ring is 1. The highest BCUT2D eigenvalue weighted by molar-refractivity contribution is 5.83. The first kappa shape index (κ1) is 34.3. The summed E-state index contributed by atoms with van der Waals surface area (Å²) in [5.41, 5.74) is 8.19. The molecule has 46 heavy (non-hydrogen) atoms. The normalized spacial score (nSPS) is 19.5. The number of aliphatic hydroxyl groups excluding tert-OH is 2. The molecule has 1 aromatic carbocycles. The highest BCUT2D eigenvalue weighted by Crippen LogP contribution is 2.32. The molecule has 0 radical (unpaired) electrons. The van der Waals surface area contributed by atoms with Crippen LogP contribution in [0.3, 0.4) is 0 Å². The first-order valence-electron chi connectivity index (χ1n) is 15.2. The van der Waals surface area contributed by atoms with Gasteiger partial charge >= 0.3 is 6.09 Å². The number of likely N-dealkylation sites (N-methyl/N-ethyl adjacent to an activating group) is 1. The average molecular weight is 642 g/mol. The maximum atomic E-state index is 12.3. The third kappa shape index (κ3) is 9.02. The summed E-state index contributed by atoms with van der Waals surface area (Å²) in [6, 6.07) is 7.92. The van der Waals surface area contributed by atoms with E-state index < -0.39 is 42.1 Å². The van der Waals surface area contributed by atoms with E-state index in [2.05, 4.69) is 36.2 Å². The maximum Gasteiger partial charge on any atom is 0.407 e. The van der Waals surface area contributed by atoms with E-state index >= 15 is 0 Å². The van der Waals surface area contributed by atoms with Crippen molar-refractivity contribution in [3.05, 3.63) is 41.7 Å². The van der Waals surface area contributed by atoms with Gasteiger partial charge in [-0.05, 0) is 51.7 Å². The predicted molar refractivity (Wildman–Crippen MR) is 169 cm³/mol. The van der Waals surface area contributed by atoms with Crippen LogP contribution in [-0.4, -0.2) is 97.7 Å². The molecule has 16 nitrogen and oxygen atoms in total. The van der Waals surface area contributed by atoms with E-state index in [4.69, 9.17) is 15.2 Å². The van der Waals surface area contributed by atoms with Gasteiger partial charge in [0.05, 0.1) is 6.33 Å². The number of imidazole rings is 1. The number of fused-ring (bicyclic) bond motifs is 1. The molecule has 250 valence electrons. The summed E-state index contributed by atoms with van der Waals surface area (Å²) in [5, 5.41) is 32.1. The van der Waals surface area contributed by atoms with Crippen LogP contribution in [0.4, 0.5) is 16.6 Å². The highest BCUT2D eigenvalue weighted by Gasteiger charge is 2.47. The standard InChI is InChI=1S/C30H43N9O7/c1-5-32-26(43)23-21(41)22(42)27(45-23)39-16-36-20-24(31)37-28(38-25(20)39)34-13-12-18-8-6-17(7-9-18)10-11-19(40)33-14-15-35-29(44)46-30(2,3)4/h6-9,16,21-23,27,41-42H,5,10-15H2,1-4H3,(H,32,43)(H,33,40)(H,35,44)(H3,31,34,37,38)/t21?,22-,23-,27?/m0/s1. The van der Waals surface area contributed by atoms with Crippen LogP contribution in [0, 0.1) is 0 Å². The number of nitrogens with zero attached hydrogens (tertiary/aromatic N) is 4. The third-order valence-corrected chi connectivity index (χ3v) is 7.05. The first-order valence-corrected chi connectivity index (χ1v) is 15.2. The number of ether oxygens (including phenoxy) is 2. The smallest absolute Gasteiger partial charge is 0.407 e. The minimum absolute atomic E-state index is 0.108. The van der Waals surface area contributed by atoms with E-state index in [1.54, 1.807) is 27.7 Å². The average Bonchev–Trinajstić information content (AvgIpc) is 3.54. The molecule has 2 unspecified atom stereocenters. The second-order valence-corrected chi connectivity index (χ2v) is 11.9. The minimum atomic E-state index is -1.44. The summed E-state index contributed by atoms with van der Waals surface area (Å²) in [4.78, 5) is 49.1. The molecule has 1 saturated heterocycles. The van der Waals surface area contributed by atoms with Gasteiger partial charge in [0.2, 0.25) is 11.9 Å². The van der Waals surface area contributed by atoms with Crippen molar-refractivity contribution < 1.29 is 34.1 Å². The molecule has 0 saturated carbocycles. The molecule has 2 aromatic heterocycles. The van der Waals surface area contributed by atoms with Crippen molar-refractivity contribution in [2.24, 2.45) is 0 Å². The molecule has 1 aliphatic rings. The number of nitrogens with two attached hydrogens (primary N) is 1. The lowest BCUT2D eigenvalue weighted by Gasteiger charge is -2.19. The fourth-order valence-electron chi connectivity index (χ4n) is 4.80. The third-order valence-electron chi connectivity index (χ3n) is 7.05. The minimum Gasteiger partial charge on any atom is -0.444 e. The number of aliphatic hydroxyl groups is 2. The van der Waals surface area contributed by atoms with E-state index in [-0.39, 0.29) is 29.9 Å². The van der Waals surface area contributed by atoms with Crippen LogP contribution in [0.1, 0.15) is 51.5 Å². The molecule has 3 heterocycles. The van der Waals surface area contributed by atoms with E-state index in [1.807, 2.05) is 24.3 Å². The monoisotopic (exact) mass is 641 g/mol. The second-order valence-electron chi connectivity index (χ2n) is 11.9. The Morgan fingerprint density at radius 2 is 1.65 bits per heavy atom. The van der Waals surface area contributed by atoms with Crippen molar-refractivity contribution in [1.82, 2.24) is 35.5 Å². The molecular weight excluding hydrogens is 598 g/mol. The Kier molecular flexibility index (Phi) is 11.3. The van der Waals surface area contributed by atoms with E-state index in [0.717, 1.165) is 11.1 Å². The quantitative estimate of drug-likeness (QED) is 0.126. The van der Waals surface area contributed by atoms with Gasteiger partial charge in [-0.3, -0.25) is 14.2 Å². The Hall–Kier alpha value is -4.54. The number of hydrogen-bond acceptors (Lipinski definition) is 12. The molecule has 4 rings (SSSR count). The van der Waals surface area contributed by atoms with Crippen molar-refractivity contribution >= 4 is 40.8 Å². The van der Waals surface area contributed by atoms with Crippen LogP contribution < -0.4 is 27.0 Å². The summed E-state index contributed by atoms with van der Waals surface area (Å²) in [6.45, 7) is 8.51. The molecular formula is C30H43N9O7. The molecule has 3 amide bonds. The van der Waals surface area contributed by atoms with Gasteiger partial charge in [0.25, 0.3) is 5.91 Å². The van der Waals surface area contributed by atoms with Gasteiger partial charge < -0.3 is 46.7 Å². The predicted octanol–water partition coefficient (Wildman–Crippen LogP) is 0.392. The van der Waals surface area contributed by atoms with Crippen molar-refractivity contribution in [1.29, 1.82) is 0 Å². The molecule has 0 bridgehead atoms. The van der Waals surface area contributed by atoms with E-state index in [0.29, 0.717) is 44.4 Å². The lowest BCUT2D eigenvalue weighted by molar-refractivity contribution is -0.137. The number of anilines is 2. The number of aryl methyl sites for hydroxylation is 1. The molecule has 0 spiro atoms. The van der Waals surface area contributed by atoms with Gasteiger partial charge in [0.15, 0.2) is 23.8 Å². The lowest BCUT2D eigenvalue weighted by atomic mass is 10.1. The number of benzene rings is 1. The van der Waals surface area contributed by atoms with Crippen LogP contribution in [0.25, 0.3) is 11.2 Å². The van der Waals surface area contributed by atoms with Gasteiger partial charge in [-0.25, -0.2) is 9.78 Å². The van der Waals surface area contributed by atoms with Crippen LogP contribution in [-0.2, 0) is 31.9 Å². The van der Waals surface area contributed by atoms with Crippen molar-refractivity contribution in [3.8, 4) is 0 Å². The Balaban J connectivity index is 1.25. The maximum absolute atomic E-state index is 12.3. The number of aromatic nitrogens is 4. The van der Waals surface area contributed by atoms with Gasteiger partial charge in [-0.1, -0.05) is 24.3 Å². The topological polar surface area (TPSA) is 228 Å². The zero-order valence-corrected chi connectivity index (χ0v) is 26.4. The molecule has 8 N–H and O–H groups in total. The molecule has 4 atom stereocenters. The Bertz CT molecular complexity index is 1510. The molecule has 0 aliphatic carbocycles. The van der Waals surface area contributed by atoms with Crippen LogP contribution in [0.5, 0.6) is 0 Å². The largest absolute Gasteiger partial charge is 0.444 e. The number of hydrogen-bond donors (Lipinski definition) is 7. The Morgan fingerprint density at radius 3 is 2.33 bits per heavy atom. The number of nitrogens with one attached hydrogen (secondary N) is 4. The summed E-state index contributed by atoms with van der Waals surface area (Å²) in [7, 11) is 0. The number of amides is 3. The first-order chi connectivity index (χ1) is 21.9. The molecule has 1 fully saturated rings. The van der Waals surface area contributed by atoms with Gasteiger partial charge in [-0.15, -0.1) is 0 Å². The lowest BCUT2D eigenvalue weighted by Crippen LogP contribution is -2.42. The molecule has 1 aliphatic heterocycles. The van der Waals surface area contributed by atoms with Gasteiger partial charge in [0.1, 0.15) is 23.3 Å². The number of rotatable bonds is 13. The summed E-state index contributed by atoms with van der Waals surface area (Å²) < 4.78 is 12.3. The van der Waals surface area contributed by atoms with Gasteiger partial charge in [0, 0.05) is 32.6 Å². The van der Waals surface area contributed by atoms with Crippen LogP contribution in [0.15, 0.2) is 30.6 Å². The molecule has 3 aromatic rings. The second kappa shape index (κ2) is 15.2. The number of carbonyl (C=O) groups excluding carboxylic acids is 3. The number of carbonyl (C=O) groups is 3. The number of alkyl carbamates (subject to hydrolysis) is 1. The zero-order chi connectivity index (χ0) is 33.4. The van der Waals surface area contributed by atoms with Gasteiger partial charge in [-0.2, -0.15) is 9.97 Å². The molecule has 16 heteroatoms. The van der Waals surface area contributed by atoms with Crippen molar-refractivity contribution in [3.63, 3.8) is 0 Å². The zero-order valence-electron chi connectivity index (χ0n) is 26.4. The van der Waals surface area contributed by atoms with Crippen LogP contribution in [0.2, 0.25) is 0 Å². The van der Waals surface area contributed by atoms with Crippen molar-refractivity contribution in [2.45, 2.75) is 77.1 Å². The van der Waals surface area contributed by atoms with Crippen molar-refractivity contribution in [2.75, 3.05) is 37.2 Å². The Morgan fingerprint density at radius 1 is 0.978 bits per heavy atom. The van der Waals surface area contributed by atoms with E-state index in [1.165, 1.54) is 10.9 Å². The van der Waals surface area contributed by atoms with Crippen LogP contribution >= 0.6 is 0 Å². The van der Waals surface area contributed by atoms with E-state index in [9.17, 15) is 24.6 Å². The summed E-state index contributed by atoms with van der Waals surface area (Å²) >= 11 is 0. The summed E-state index contributed by atoms with van der Waals surface area (Å²) in [5.74, 6) is -0.280. The fourth-order valence-corrected chi connectivity index (χ4v) is 4.80. The Labute approximate surface area is 266 Å². The highest BCUT2D eigenvalue weighted by atomic mass is 16.6. The summed E-state index contributed by atoms with van der Waals surface area (Å²) in [6.07, 6.45) is -2.81.